The lowest BCUT2D eigenvalue weighted by molar-refractivity contribution is 0.0985. The van der Waals surface area contributed by atoms with Gasteiger partial charge in [-0.05, 0) is 60.0 Å². The van der Waals surface area contributed by atoms with Crippen LogP contribution in [0.15, 0.2) is 24.3 Å². The van der Waals surface area contributed by atoms with E-state index < -0.39 is 0 Å². The number of rotatable bonds is 14. The number of carbonyl (C=O) groups is 1. The van der Waals surface area contributed by atoms with Crippen LogP contribution < -0.4 is 28.6 Å². The van der Waals surface area contributed by atoms with Crippen LogP contribution in [0.4, 0.5) is 5.13 Å². The zero-order chi connectivity index (χ0) is 26.9. The zero-order valence-electron chi connectivity index (χ0n) is 23.2. The zero-order valence-corrected chi connectivity index (χ0v) is 24.8. The number of ether oxygens (including phenoxy) is 5. The highest BCUT2D eigenvalue weighted by atomic mass is 35.5. The van der Waals surface area contributed by atoms with E-state index in [-0.39, 0.29) is 18.3 Å². The molecular weight excluding hydrogens is 530 g/mol. The smallest absolute Gasteiger partial charge is 0.260 e. The number of methoxy groups -OCH3 is 2. The number of thiazole rings is 1. The molecule has 210 valence electrons. The lowest BCUT2D eigenvalue weighted by atomic mass is 10.1. The molecule has 3 rings (SSSR count). The largest absolute Gasteiger partial charge is 0.493 e. The van der Waals surface area contributed by atoms with Gasteiger partial charge in [0.15, 0.2) is 28.1 Å². The number of halogens is 1. The van der Waals surface area contributed by atoms with E-state index in [1.165, 1.54) is 11.3 Å². The summed E-state index contributed by atoms with van der Waals surface area (Å²) in [4.78, 5) is 22.6. The van der Waals surface area contributed by atoms with E-state index in [1.807, 2.05) is 47.0 Å². The van der Waals surface area contributed by atoms with Crippen molar-refractivity contribution in [3.8, 4) is 28.7 Å². The van der Waals surface area contributed by atoms with Crippen molar-refractivity contribution in [1.29, 1.82) is 0 Å². The third-order valence-electron chi connectivity index (χ3n) is 5.50. The molecule has 0 fully saturated rings. The van der Waals surface area contributed by atoms with Gasteiger partial charge in [-0.25, -0.2) is 4.98 Å². The Morgan fingerprint density at radius 2 is 1.42 bits per heavy atom. The van der Waals surface area contributed by atoms with Crippen LogP contribution in [0.2, 0.25) is 0 Å². The Morgan fingerprint density at radius 1 is 0.842 bits per heavy atom. The van der Waals surface area contributed by atoms with Crippen LogP contribution in [0.1, 0.15) is 37.6 Å². The van der Waals surface area contributed by atoms with Gasteiger partial charge in [0.2, 0.25) is 5.75 Å². The fourth-order valence-electron chi connectivity index (χ4n) is 3.86. The van der Waals surface area contributed by atoms with Crippen molar-refractivity contribution in [3.63, 3.8) is 0 Å². The second-order valence-corrected chi connectivity index (χ2v) is 9.39. The third-order valence-corrected chi connectivity index (χ3v) is 6.54. The minimum atomic E-state index is -0.193. The Hall–Kier alpha value is -2.95. The van der Waals surface area contributed by atoms with E-state index in [4.69, 9.17) is 28.7 Å². The maximum absolute atomic E-state index is 14.0. The number of anilines is 1. The van der Waals surface area contributed by atoms with Crippen LogP contribution in [0.25, 0.3) is 10.2 Å². The first-order chi connectivity index (χ1) is 17.9. The summed E-state index contributed by atoms with van der Waals surface area (Å²) in [5.41, 5.74) is 1.18. The van der Waals surface area contributed by atoms with Gasteiger partial charge in [-0.3, -0.25) is 9.69 Å². The molecule has 9 nitrogen and oxygen atoms in total. The maximum Gasteiger partial charge on any atom is 0.260 e. The van der Waals surface area contributed by atoms with E-state index in [1.54, 1.807) is 31.3 Å². The van der Waals surface area contributed by atoms with E-state index in [0.717, 1.165) is 23.2 Å². The number of fused-ring (bicyclic) bond motifs is 1. The molecule has 0 aliphatic heterocycles. The number of nitrogens with zero attached hydrogens (tertiary/aromatic N) is 3. The van der Waals surface area contributed by atoms with Gasteiger partial charge >= 0.3 is 0 Å². The van der Waals surface area contributed by atoms with Gasteiger partial charge in [-0.2, -0.15) is 0 Å². The minimum absolute atomic E-state index is 0. The Bertz CT molecular complexity index is 1140. The van der Waals surface area contributed by atoms with E-state index in [0.29, 0.717) is 65.8 Å². The van der Waals surface area contributed by atoms with E-state index >= 15 is 0 Å². The Kier molecular flexibility index (Phi) is 12.2. The Balaban J connectivity index is 0.00000507. The fraction of sp³-hybridized carbons (Fsp3) is 0.481. The summed E-state index contributed by atoms with van der Waals surface area (Å²) in [6.07, 6.45) is 0.773. The molecule has 0 saturated carbocycles. The quantitative estimate of drug-likeness (QED) is 0.251. The summed E-state index contributed by atoms with van der Waals surface area (Å²) < 4.78 is 29.3. The predicted octanol–water partition coefficient (Wildman–Crippen LogP) is 5.53. The molecule has 3 aromatic rings. The van der Waals surface area contributed by atoms with Gasteiger partial charge in [-0.1, -0.05) is 11.3 Å². The highest BCUT2D eigenvalue weighted by Gasteiger charge is 2.25. The Morgan fingerprint density at radius 3 is 1.95 bits per heavy atom. The summed E-state index contributed by atoms with van der Waals surface area (Å²) in [5.74, 6) is 2.47. The SMILES string of the molecule is CCOc1cc(C(=O)N(CCCN(C)C)c2nc3cc(OC)c(OC)cc3s2)cc(OCC)c1OCC.Cl. The average molecular weight is 568 g/mol. The van der Waals surface area contributed by atoms with Crippen LogP contribution in [-0.4, -0.2) is 77.0 Å². The molecule has 1 heterocycles. The van der Waals surface area contributed by atoms with Crippen molar-refractivity contribution >= 4 is 45.0 Å². The van der Waals surface area contributed by atoms with Gasteiger partial charge in [0.05, 0.1) is 44.3 Å². The predicted molar refractivity (Wildman–Crippen MR) is 155 cm³/mol. The maximum atomic E-state index is 14.0. The second-order valence-electron chi connectivity index (χ2n) is 8.39. The van der Waals surface area contributed by atoms with Gasteiger partial charge in [0, 0.05) is 24.2 Å². The van der Waals surface area contributed by atoms with Crippen molar-refractivity contribution < 1.29 is 28.5 Å². The molecule has 1 amide bonds. The summed E-state index contributed by atoms with van der Waals surface area (Å²) in [6.45, 7) is 8.30. The summed E-state index contributed by atoms with van der Waals surface area (Å²) in [7, 11) is 7.21. The molecule has 2 aromatic carbocycles. The van der Waals surface area contributed by atoms with Crippen LogP contribution in [0.3, 0.4) is 0 Å². The topological polar surface area (TPSA) is 82.6 Å². The molecule has 0 aliphatic carbocycles. The highest BCUT2D eigenvalue weighted by molar-refractivity contribution is 7.22. The van der Waals surface area contributed by atoms with E-state index in [9.17, 15) is 4.79 Å². The van der Waals surface area contributed by atoms with Gasteiger partial charge in [-0.15, -0.1) is 12.4 Å². The summed E-state index contributed by atoms with van der Waals surface area (Å²) in [5, 5.41) is 0.596. The fourth-order valence-corrected chi connectivity index (χ4v) is 4.86. The van der Waals surface area contributed by atoms with Crippen molar-refractivity contribution in [1.82, 2.24) is 9.88 Å². The first kappa shape index (κ1) is 31.3. The van der Waals surface area contributed by atoms with Crippen LogP contribution in [0.5, 0.6) is 28.7 Å². The lowest BCUT2D eigenvalue weighted by Crippen LogP contribution is -2.33. The molecule has 38 heavy (non-hydrogen) atoms. The molecule has 0 unspecified atom stereocenters. The molecule has 0 spiro atoms. The molecule has 11 heteroatoms. The average Bonchev–Trinajstić information content (AvgIpc) is 3.29. The molecule has 1 aromatic heterocycles. The molecule has 0 N–H and O–H groups in total. The van der Waals surface area contributed by atoms with Gasteiger partial charge < -0.3 is 28.6 Å². The first-order valence-corrected chi connectivity index (χ1v) is 13.2. The van der Waals surface area contributed by atoms with E-state index in [2.05, 4.69) is 4.90 Å². The summed E-state index contributed by atoms with van der Waals surface area (Å²) >= 11 is 1.43. The highest BCUT2D eigenvalue weighted by Crippen LogP contribution is 2.41. The van der Waals surface area contributed by atoms with Crippen LogP contribution in [-0.2, 0) is 0 Å². The number of aromatic nitrogens is 1. The van der Waals surface area contributed by atoms with Crippen molar-refractivity contribution in [2.75, 3.05) is 66.1 Å². The number of carbonyl (C=O) groups excluding carboxylic acids is 1. The van der Waals surface area contributed by atoms with Crippen molar-refractivity contribution in [2.24, 2.45) is 0 Å². The molecule has 0 saturated heterocycles. The van der Waals surface area contributed by atoms with Crippen LogP contribution in [0, 0.1) is 0 Å². The van der Waals surface area contributed by atoms with Gasteiger partial charge in [0.1, 0.15) is 0 Å². The monoisotopic (exact) mass is 567 g/mol. The minimum Gasteiger partial charge on any atom is -0.493 e. The summed E-state index contributed by atoms with van der Waals surface area (Å²) in [6, 6.07) is 7.15. The van der Waals surface area contributed by atoms with Crippen molar-refractivity contribution in [2.45, 2.75) is 27.2 Å². The molecular formula is C27H38ClN3O6S. The van der Waals surface area contributed by atoms with Crippen molar-refractivity contribution in [3.05, 3.63) is 29.8 Å². The first-order valence-electron chi connectivity index (χ1n) is 12.4. The molecule has 0 aliphatic rings. The lowest BCUT2D eigenvalue weighted by Gasteiger charge is -2.22. The number of benzene rings is 2. The second kappa shape index (κ2) is 14.8. The third kappa shape index (κ3) is 7.33. The number of hydrogen-bond donors (Lipinski definition) is 0. The molecule has 0 atom stereocenters. The molecule has 0 bridgehead atoms. The number of hydrogen-bond acceptors (Lipinski definition) is 9. The van der Waals surface area contributed by atoms with Crippen LogP contribution >= 0.6 is 23.7 Å². The normalized spacial score (nSPS) is 10.7. The molecule has 0 radical (unpaired) electrons. The Labute approximate surface area is 235 Å². The standard InChI is InChI=1S/C27H37N3O6S.ClH/c1-8-34-22-14-18(15-23(35-9-2)25(22)36-10-3)26(31)30(13-11-12-29(4)5)27-28-19-16-20(32-6)21(33-7)17-24(19)37-27;/h14-17H,8-13H2,1-7H3;1H. The number of amides is 1. The van der Waals surface area contributed by atoms with Gasteiger partial charge in [0.25, 0.3) is 5.91 Å².